The lowest BCUT2D eigenvalue weighted by Gasteiger charge is -2.15. The standard InChI is InChI=1S/C21H23N3O4/c1-14(15-5-7-17(26-2)8-6-15)24-21(25)16(12-22)13-23-19-11-18(27-3)9-10-20(19)28-4/h5-11,13-14,23H,1-4H3,(H,24,25)/b16-13-. The number of benzene rings is 2. The summed E-state index contributed by atoms with van der Waals surface area (Å²) in [6, 6.07) is 14.2. The average molecular weight is 381 g/mol. The van der Waals surface area contributed by atoms with E-state index < -0.39 is 5.91 Å². The molecule has 2 aromatic rings. The molecule has 0 fully saturated rings. The third kappa shape index (κ3) is 5.17. The Morgan fingerprint density at radius 3 is 2.25 bits per heavy atom. The van der Waals surface area contributed by atoms with Crippen molar-refractivity contribution in [1.29, 1.82) is 5.26 Å². The minimum atomic E-state index is -0.486. The number of methoxy groups -OCH3 is 3. The van der Waals surface area contributed by atoms with E-state index in [1.165, 1.54) is 13.3 Å². The summed E-state index contributed by atoms with van der Waals surface area (Å²) < 4.78 is 15.6. The van der Waals surface area contributed by atoms with Gasteiger partial charge in [-0.15, -0.1) is 0 Å². The van der Waals surface area contributed by atoms with Crippen LogP contribution in [-0.4, -0.2) is 27.2 Å². The third-order valence-corrected chi connectivity index (χ3v) is 4.11. The van der Waals surface area contributed by atoms with Gasteiger partial charge >= 0.3 is 0 Å². The van der Waals surface area contributed by atoms with Gasteiger partial charge in [-0.3, -0.25) is 4.79 Å². The third-order valence-electron chi connectivity index (χ3n) is 4.11. The summed E-state index contributed by atoms with van der Waals surface area (Å²) in [5, 5.41) is 15.1. The summed E-state index contributed by atoms with van der Waals surface area (Å²) in [6.45, 7) is 1.84. The fourth-order valence-corrected chi connectivity index (χ4v) is 2.48. The van der Waals surface area contributed by atoms with E-state index in [2.05, 4.69) is 10.6 Å². The maximum absolute atomic E-state index is 12.5. The van der Waals surface area contributed by atoms with Gasteiger partial charge in [-0.2, -0.15) is 5.26 Å². The highest BCUT2D eigenvalue weighted by atomic mass is 16.5. The maximum Gasteiger partial charge on any atom is 0.263 e. The van der Waals surface area contributed by atoms with E-state index in [0.717, 1.165) is 11.3 Å². The number of amides is 1. The van der Waals surface area contributed by atoms with E-state index in [-0.39, 0.29) is 11.6 Å². The van der Waals surface area contributed by atoms with Crippen molar-refractivity contribution in [3.63, 3.8) is 0 Å². The van der Waals surface area contributed by atoms with Crippen molar-refractivity contribution in [3.05, 3.63) is 59.8 Å². The first-order valence-electron chi connectivity index (χ1n) is 8.56. The second-order valence-electron chi connectivity index (χ2n) is 5.85. The molecule has 0 radical (unpaired) electrons. The Hall–Kier alpha value is -3.66. The number of carbonyl (C=O) groups excluding carboxylic acids is 1. The molecule has 0 saturated heterocycles. The summed E-state index contributed by atoms with van der Waals surface area (Å²) in [5.74, 6) is 1.42. The van der Waals surface area contributed by atoms with Gasteiger partial charge in [0.1, 0.15) is 28.9 Å². The Morgan fingerprint density at radius 2 is 1.68 bits per heavy atom. The molecular formula is C21H23N3O4. The van der Waals surface area contributed by atoms with Crippen LogP contribution in [0.1, 0.15) is 18.5 Å². The van der Waals surface area contributed by atoms with Gasteiger partial charge in [-0.05, 0) is 36.8 Å². The lowest BCUT2D eigenvalue weighted by molar-refractivity contribution is -0.117. The predicted molar refractivity (Wildman–Crippen MR) is 106 cm³/mol. The molecule has 7 nitrogen and oxygen atoms in total. The van der Waals surface area contributed by atoms with E-state index in [4.69, 9.17) is 14.2 Å². The van der Waals surface area contributed by atoms with Crippen LogP contribution in [0.25, 0.3) is 0 Å². The van der Waals surface area contributed by atoms with Crippen LogP contribution in [0, 0.1) is 11.3 Å². The maximum atomic E-state index is 12.5. The van der Waals surface area contributed by atoms with Crippen LogP contribution in [-0.2, 0) is 4.79 Å². The molecule has 7 heteroatoms. The molecule has 0 spiro atoms. The van der Waals surface area contributed by atoms with Gasteiger partial charge in [0.2, 0.25) is 0 Å². The molecule has 2 aromatic carbocycles. The van der Waals surface area contributed by atoms with Crippen molar-refractivity contribution in [2.24, 2.45) is 0 Å². The molecule has 1 amide bonds. The molecule has 0 aliphatic rings. The van der Waals surface area contributed by atoms with Crippen LogP contribution in [0.5, 0.6) is 17.2 Å². The Balaban J connectivity index is 2.11. The van der Waals surface area contributed by atoms with Gasteiger partial charge < -0.3 is 24.8 Å². The number of rotatable bonds is 8. The van der Waals surface area contributed by atoms with Crippen molar-refractivity contribution in [3.8, 4) is 23.3 Å². The fourth-order valence-electron chi connectivity index (χ4n) is 2.48. The van der Waals surface area contributed by atoms with Crippen LogP contribution >= 0.6 is 0 Å². The minimum Gasteiger partial charge on any atom is -0.497 e. The normalized spacial score (nSPS) is 11.8. The largest absolute Gasteiger partial charge is 0.497 e. The van der Waals surface area contributed by atoms with Gasteiger partial charge in [0.15, 0.2) is 0 Å². The molecule has 28 heavy (non-hydrogen) atoms. The van der Waals surface area contributed by atoms with Crippen LogP contribution in [0.3, 0.4) is 0 Å². The topological polar surface area (TPSA) is 92.6 Å². The molecule has 0 bridgehead atoms. The minimum absolute atomic E-state index is 0.0646. The van der Waals surface area contributed by atoms with E-state index in [1.807, 2.05) is 37.3 Å². The van der Waals surface area contributed by atoms with Crippen LogP contribution < -0.4 is 24.8 Å². The summed E-state index contributed by atoms with van der Waals surface area (Å²) in [5.41, 5.74) is 1.41. The van der Waals surface area contributed by atoms with Gasteiger partial charge in [-0.25, -0.2) is 0 Å². The zero-order chi connectivity index (χ0) is 20.5. The number of nitriles is 1. The van der Waals surface area contributed by atoms with E-state index in [1.54, 1.807) is 32.4 Å². The quantitative estimate of drug-likeness (QED) is 0.538. The average Bonchev–Trinajstić information content (AvgIpc) is 2.73. The van der Waals surface area contributed by atoms with Gasteiger partial charge in [0.25, 0.3) is 5.91 Å². The number of anilines is 1. The van der Waals surface area contributed by atoms with Crippen LogP contribution in [0.4, 0.5) is 5.69 Å². The monoisotopic (exact) mass is 381 g/mol. The Labute approximate surface area is 164 Å². The highest BCUT2D eigenvalue weighted by Gasteiger charge is 2.14. The first kappa shape index (κ1) is 20.6. The van der Waals surface area contributed by atoms with Crippen LogP contribution in [0.2, 0.25) is 0 Å². The zero-order valence-electron chi connectivity index (χ0n) is 16.3. The van der Waals surface area contributed by atoms with Crippen molar-refractivity contribution in [2.75, 3.05) is 26.6 Å². The molecule has 0 saturated carbocycles. The number of nitrogens with one attached hydrogen (secondary N) is 2. The number of ether oxygens (including phenoxy) is 3. The smallest absolute Gasteiger partial charge is 0.263 e. The molecule has 0 aromatic heterocycles. The van der Waals surface area contributed by atoms with Gasteiger partial charge in [0.05, 0.1) is 33.1 Å². The molecule has 0 aliphatic carbocycles. The number of hydrogen-bond donors (Lipinski definition) is 2. The molecule has 0 heterocycles. The zero-order valence-corrected chi connectivity index (χ0v) is 16.3. The van der Waals surface area contributed by atoms with E-state index in [0.29, 0.717) is 17.2 Å². The van der Waals surface area contributed by atoms with Crippen molar-refractivity contribution in [1.82, 2.24) is 5.32 Å². The lowest BCUT2D eigenvalue weighted by Crippen LogP contribution is -2.28. The Morgan fingerprint density at radius 1 is 1.04 bits per heavy atom. The molecule has 2 rings (SSSR count). The summed E-state index contributed by atoms with van der Waals surface area (Å²) >= 11 is 0. The first-order chi connectivity index (χ1) is 13.5. The highest BCUT2D eigenvalue weighted by molar-refractivity contribution is 5.97. The van der Waals surface area contributed by atoms with E-state index in [9.17, 15) is 10.1 Å². The predicted octanol–water partition coefficient (Wildman–Crippen LogP) is 3.41. The first-order valence-corrected chi connectivity index (χ1v) is 8.56. The fraction of sp³-hybridized carbons (Fsp3) is 0.238. The molecule has 1 unspecified atom stereocenters. The number of carbonyl (C=O) groups is 1. The Bertz CT molecular complexity index is 886. The molecule has 1 atom stereocenters. The van der Waals surface area contributed by atoms with Gasteiger partial charge in [0, 0.05) is 12.3 Å². The second-order valence-corrected chi connectivity index (χ2v) is 5.85. The molecule has 2 N–H and O–H groups in total. The highest BCUT2D eigenvalue weighted by Crippen LogP contribution is 2.29. The lowest BCUT2D eigenvalue weighted by atomic mass is 10.1. The number of nitrogens with zero attached hydrogens (tertiary/aromatic N) is 1. The van der Waals surface area contributed by atoms with Crippen molar-refractivity contribution in [2.45, 2.75) is 13.0 Å². The number of hydrogen-bond acceptors (Lipinski definition) is 6. The van der Waals surface area contributed by atoms with E-state index >= 15 is 0 Å². The van der Waals surface area contributed by atoms with Crippen molar-refractivity contribution < 1.29 is 19.0 Å². The summed E-state index contributed by atoms with van der Waals surface area (Å²) in [7, 11) is 4.68. The van der Waals surface area contributed by atoms with Gasteiger partial charge in [-0.1, -0.05) is 12.1 Å². The SMILES string of the molecule is COc1ccc(C(C)NC(=O)/C(C#N)=C\Nc2cc(OC)ccc2OC)cc1. The summed E-state index contributed by atoms with van der Waals surface area (Å²) in [6.07, 6.45) is 1.34. The van der Waals surface area contributed by atoms with Crippen molar-refractivity contribution >= 4 is 11.6 Å². The molecule has 146 valence electrons. The molecule has 0 aliphatic heterocycles. The summed E-state index contributed by atoms with van der Waals surface area (Å²) in [4.78, 5) is 12.5. The Kier molecular flexibility index (Phi) is 7.28. The van der Waals surface area contributed by atoms with Crippen LogP contribution in [0.15, 0.2) is 54.2 Å². The second kappa shape index (κ2) is 9.88. The molecular weight excluding hydrogens is 358 g/mol.